The van der Waals surface area contributed by atoms with Crippen LogP contribution in [0.1, 0.15) is 18.4 Å². The monoisotopic (exact) mass is 268 g/mol. The summed E-state index contributed by atoms with van der Waals surface area (Å²) < 4.78 is 0. The molecule has 1 aromatic heterocycles. The van der Waals surface area contributed by atoms with Gasteiger partial charge < -0.3 is 10.6 Å². The molecule has 0 radical (unpaired) electrons. The largest absolute Gasteiger partial charge is 0.337 e. The standard InChI is InChI=1S/C16H20N4/c1-12-5-2-3-7-14(12)15-8-9-18-16(19-15)20-10-4-6-13(20)11-17/h2-3,5,7-9,13H,4,6,10-11,17H2,1H3. The Morgan fingerprint density at radius 1 is 1.30 bits per heavy atom. The summed E-state index contributed by atoms with van der Waals surface area (Å²) in [7, 11) is 0. The van der Waals surface area contributed by atoms with Gasteiger partial charge in [-0.1, -0.05) is 24.3 Å². The van der Waals surface area contributed by atoms with E-state index in [9.17, 15) is 0 Å². The maximum atomic E-state index is 5.84. The van der Waals surface area contributed by atoms with E-state index in [4.69, 9.17) is 10.7 Å². The van der Waals surface area contributed by atoms with Crippen molar-refractivity contribution in [3.8, 4) is 11.3 Å². The molecule has 104 valence electrons. The van der Waals surface area contributed by atoms with Gasteiger partial charge in [0.15, 0.2) is 0 Å². The van der Waals surface area contributed by atoms with Crippen LogP contribution in [0, 0.1) is 6.92 Å². The van der Waals surface area contributed by atoms with Gasteiger partial charge >= 0.3 is 0 Å². The second-order valence-electron chi connectivity index (χ2n) is 5.28. The molecule has 2 N–H and O–H groups in total. The number of nitrogens with zero attached hydrogens (tertiary/aromatic N) is 3. The van der Waals surface area contributed by atoms with Crippen LogP contribution in [0.2, 0.25) is 0 Å². The van der Waals surface area contributed by atoms with Crippen LogP contribution in [-0.2, 0) is 0 Å². The minimum atomic E-state index is 0.377. The van der Waals surface area contributed by atoms with E-state index in [-0.39, 0.29) is 0 Å². The number of benzene rings is 1. The summed E-state index contributed by atoms with van der Waals surface area (Å²) in [4.78, 5) is 11.4. The minimum Gasteiger partial charge on any atom is -0.337 e. The third-order valence-electron chi connectivity index (χ3n) is 3.97. The molecule has 1 fully saturated rings. The second kappa shape index (κ2) is 5.59. The first-order valence-corrected chi connectivity index (χ1v) is 7.15. The van der Waals surface area contributed by atoms with Crippen molar-refractivity contribution in [3.63, 3.8) is 0 Å². The molecule has 2 aromatic rings. The van der Waals surface area contributed by atoms with E-state index in [1.807, 2.05) is 24.4 Å². The van der Waals surface area contributed by atoms with Gasteiger partial charge in [0.1, 0.15) is 0 Å². The van der Waals surface area contributed by atoms with E-state index in [1.54, 1.807) is 0 Å². The molecule has 3 rings (SSSR count). The molecule has 0 spiro atoms. The Morgan fingerprint density at radius 2 is 2.15 bits per heavy atom. The van der Waals surface area contributed by atoms with E-state index < -0.39 is 0 Å². The van der Waals surface area contributed by atoms with Gasteiger partial charge in [-0.25, -0.2) is 9.97 Å². The molecule has 1 aliphatic heterocycles. The third kappa shape index (κ3) is 2.39. The molecule has 1 aliphatic rings. The minimum absolute atomic E-state index is 0.377. The van der Waals surface area contributed by atoms with Crippen LogP contribution < -0.4 is 10.6 Å². The van der Waals surface area contributed by atoms with Crippen molar-refractivity contribution < 1.29 is 0 Å². The van der Waals surface area contributed by atoms with Crippen LogP contribution in [0.3, 0.4) is 0 Å². The molecule has 1 unspecified atom stereocenters. The van der Waals surface area contributed by atoms with Gasteiger partial charge in [-0.15, -0.1) is 0 Å². The molecule has 20 heavy (non-hydrogen) atoms. The molecule has 0 saturated carbocycles. The van der Waals surface area contributed by atoms with Crippen LogP contribution >= 0.6 is 0 Å². The molecule has 1 saturated heterocycles. The van der Waals surface area contributed by atoms with Gasteiger partial charge in [0.2, 0.25) is 5.95 Å². The summed E-state index contributed by atoms with van der Waals surface area (Å²) in [5.74, 6) is 0.804. The van der Waals surface area contributed by atoms with Crippen molar-refractivity contribution >= 4 is 5.95 Å². The first-order valence-electron chi connectivity index (χ1n) is 7.15. The average molecular weight is 268 g/mol. The van der Waals surface area contributed by atoms with Crippen LogP contribution in [0.15, 0.2) is 36.5 Å². The highest BCUT2D eigenvalue weighted by atomic mass is 15.3. The highest BCUT2D eigenvalue weighted by molar-refractivity contribution is 5.64. The van der Waals surface area contributed by atoms with Crippen molar-refractivity contribution in [1.82, 2.24) is 9.97 Å². The van der Waals surface area contributed by atoms with Gasteiger partial charge in [0.25, 0.3) is 0 Å². The maximum absolute atomic E-state index is 5.84. The fourth-order valence-corrected chi connectivity index (χ4v) is 2.84. The highest BCUT2D eigenvalue weighted by Crippen LogP contribution is 2.25. The lowest BCUT2D eigenvalue weighted by molar-refractivity contribution is 0.664. The number of rotatable bonds is 3. The second-order valence-corrected chi connectivity index (χ2v) is 5.28. The van der Waals surface area contributed by atoms with Crippen molar-refractivity contribution in [2.45, 2.75) is 25.8 Å². The Balaban J connectivity index is 1.96. The smallest absolute Gasteiger partial charge is 0.226 e. The van der Waals surface area contributed by atoms with E-state index in [1.165, 1.54) is 17.5 Å². The molecule has 4 heteroatoms. The Morgan fingerprint density at radius 3 is 2.95 bits per heavy atom. The Labute approximate surface area is 119 Å². The van der Waals surface area contributed by atoms with Crippen molar-refractivity contribution in [3.05, 3.63) is 42.1 Å². The fourth-order valence-electron chi connectivity index (χ4n) is 2.84. The molecule has 4 nitrogen and oxygen atoms in total. The molecule has 1 atom stereocenters. The maximum Gasteiger partial charge on any atom is 0.226 e. The zero-order valence-corrected chi connectivity index (χ0v) is 11.8. The van der Waals surface area contributed by atoms with Crippen molar-refractivity contribution in [2.75, 3.05) is 18.0 Å². The summed E-state index contributed by atoms with van der Waals surface area (Å²) in [6, 6.07) is 10.7. The number of anilines is 1. The quantitative estimate of drug-likeness (QED) is 0.928. The molecule has 0 aliphatic carbocycles. The molecule has 2 heterocycles. The third-order valence-corrected chi connectivity index (χ3v) is 3.97. The lowest BCUT2D eigenvalue weighted by Gasteiger charge is -2.23. The number of hydrogen-bond donors (Lipinski definition) is 1. The Hall–Kier alpha value is -1.94. The van der Waals surface area contributed by atoms with Gasteiger partial charge in [-0.3, -0.25) is 0 Å². The predicted molar refractivity (Wildman–Crippen MR) is 81.6 cm³/mol. The SMILES string of the molecule is Cc1ccccc1-c1ccnc(N2CCCC2CN)n1. The number of hydrogen-bond acceptors (Lipinski definition) is 4. The zero-order valence-electron chi connectivity index (χ0n) is 11.8. The van der Waals surface area contributed by atoms with Crippen LogP contribution in [-0.4, -0.2) is 29.1 Å². The first-order chi connectivity index (χ1) is 9.79. The van der Waals surface area contributed by atoms with Gasteiger partial charge in [-0.05, 0) is 31.4 Å². The zero-order chi connectivity index (χ0) is 13.9. The highest BCUT2D eigenvalue weighted by Gasteiger charge is 2.25. The van der Waals surface area contributed by atoms with E-state index in [0.717, 1.165) is 24.6 Å². The van der Waals surface area contributed by atoms with E-state index in [0.29, 0.717) is 12.6 Å². The number of aryl methyl sites for hydroxylation is 1. The molecular formula is C16H20N4. The van der Waals surface area contributed by atoms with E-state index >= 15 is 0 Å². The number of nitrogens with two attached hydrogens (primary N) is 1. The average Bonchev–Trinajstić information content (AvgIpc) is 2.96. The summed E-state index contributed by atoms with van der Waals surface area (Å²) in [6.07, 6.45) is 4.14. The van der Waals surface area contributed by atoms with Gasteiger partial charge in [0, 0.05) is 30.9 Å². The summed E-state index contributed by atoms with van der Waals surface area (Å²) in [5.41, 5.74) is 9.22. The Kier molecular flexibility index (Phi) is 3.65. The lowest BCUT2D eigenvalue weighted by atomic mass is 10.1. The van der Waals surface area contributed by atoms with Gasteiger partial charge in [-0.2, -0.15) is 0 Å². The summed E-state index contributed by atoms with van der Waals surface area (Å²) in [5, 5.41) is 0. The van der Waals surface area contributed by atoms with Crippen molar-refractivity contribution in [2.24, 2.45) is 5.73 Å². The normalized spacial score (nSPS) is 18.5. The topological polar surface area (TPSA) is 55.0 Å². The van der Waals surface area contributed by atoms with E-state index in [2.05, 4.69) is 28.9 Å². The molecular weight excluding hydrogens is 248 g/mol. The van der Waals surface area contributed by atoms with Crippen LogP contribution in [0.25, 0.3) is 11.3 Å². The Bertz CT molecular complexity index is 597. The van der Waals surface area contributed by atoms with Crippen molar-refractivity contribution in [1.29, 1.82) is 0 Å². The lowest BCUT2D eigenvalue weighted by Crippen LogP contribution is -2.36. The fraction of sp³-hybridized carbons (Fsp3) is 0.375. The predicted octanol–water partition coefficient (Wildman–Crippen LogP) is 2.38. The molecule has 0 amide bonds. The van der Waals surface area contributed by atoms with Crippen LogP contribution in [0.5, 0.6) is 0 Å². The van der Waals surface area contributed by atoms with Crippen LogP contribution in [0.4, 0.5) is 5.95 Å². The van der Waals surface area contributed by atoms with Gasteiger partial charge in [0.05, 0.1) is 5.69 Å². The summed E-state index contributed by atoms with van der Waals surface area (Å²) in [6.45, 7) is 3.77. The number of aromatic nitrogens is 2. The first kappa shape index (κ1) is 13.1. The summed E-state index contributed by atoms with van der Waals surface area (Å²) >= 11 is 0. The molecule has 1 aromatic carbocycles. The molecule has 0 bridgehead atoms.